The molecule has 0 saturated carbocycles. The molecule has 3 N–H and O–H groups in total. The smallest absolute Gasteiger partial charge is 0.0596 e. The molecule has 1 aromatic carbocycles. The molecule has 0 amide bonds. The van der Waals surface area contributed by atoms with Crippen molar-refractivity contribution in [2.75, 3.05) is 0 Å². The summed E-state index contributed by atoms with van der Waals surface area (Å²) in [4.78, 5) is 1.27. The van der Waals surface area contributed by atoms with E-state index in [1.54, 1.807) is 11.3 Å². The fraction of sp³-hybridized carbons (Fsp3) is 0.231. The van der Waals surface area contributed by atoms with Crippen molar-refractivity contribution in [3.63, 3.8) is 0 Å². The van der Waals surface area contributed by atoms with Crippen LogP contribution in [0.1, 0.15) is 22.0 Å². The van der Waals surface area contributed by atoms with Gasteiger partial charge in [-0.25, -0.2) is 0 Å². The Kier molecular flexibility index (Phi) is 4.18. The number of rotatable bonds is 4. The number of hydrogen-bond acceptors (Lipinski definition) is 3. The minimum Gasteiger partial charge on any atom is -0.271 e. The SMILES string of the molecule is Cc1ccsc1C(Cc1ccccc1Cl)NN. The fourth-order valence-corrected chi connectivity index (χ4v) is 3.05. The molecule has 2 nitrogen and oxygen atoms in total. The number of aryl methyl sites for hydroxylation is 1. The summed E-state index contributed by atoms with van der Waals surface area (Å²) >= 11 is 7.88. The van der Waals surface area contributed by atoms with Crippen LogP contribution in [0.2, 0.25) is 5.02 Å². The summed E-state index contributed by atoms with van der Waals surface area (Å²) < 4.78 is 0. The molecule has 1 atom stereocenters. The molecule has 1 unspecified atom stereocenters. The zero-order valence-electron chi connectivity index (χ0n) is 9.61. The fourth-order valence-electron chi connectivity index (χ4n) is 1.85. The van der Waals surface area contributed by atoms with E-state index in [4.69, 9.17) is 17.4 Å². The maximum atomic E-state index is 6.16. The van der Waals surface area contributed by atoms with Crippen LogP contribution in [0.3, 0.4) is 0 Å². The Labute approximate surface area is 110 Å². The minimum atomic E-state index is 0.120. The molecule has 90 valence electrons. The van der Waals surface area contributed by atoms with Gasteiger partial charge in [0, 0.05) is 9.90 Å². The van der Waals surface area contributed by atoms with Gasteiger partial charge in [0.25, 0.3) is 0 Å². The zero-order valence-corrected chi connectivity index (χ0v) is 11.2. The van der Waals surface area contributed by atoms with Crippen LogP contribution in [0.25, 0.3) is 0 Å². The molecule has 0 spiro atoms. The third-order valence-electron chi connectivity index (χ3n) is 2.80. The lowest BCUT2D eigenvalue weighted by molar-refractivity contribution is 0.558. The molecule has 1 heterocycles. The van der Waals surface area contributed by atoms with Crippen LogP contribution in [0.5, 0.6) is 0 Å². The van der Waals surface area contributed by atoms with E-state index >= 15 is 0 Å². The van der Waals surface area contributed by atoms with E-state index in [1.807, 2.05) is 24.3 Å². The Morgan fingerprint density at radius 1 is 1.35 bits per heavy atom. The number of hydrazine groups is 1. The second kappa shape index (κ2) is 5.65. The summed E-state index contributed by atoms with van der Waals surface area (Å²) in [6.07, 6.45) is 0.803. The molecule has 1 aromatic heterocycles. The van der Waals surface area contributed by atoms with E-state index in [0.717, 1.165) is 17.0 Å². The highest BCUT2D eigenvalue weighted by molar-refractivity contribution is 7.10. The average Bonchev–Trinajstić information content (AvgIpc) is 2.75. The van der Waals surface area contributed by atoms with Gasteiger partial charge in [-0.15, -0.1) is 11.3 Å². The van der Waals surface area contributed by atoms with Gasteiger partial charge in [-0.1, -0.05) is 29.8 Å². The topological polar surface area (TPSA) is 38.0 Å². The van der Waals surface area contributed by atoms with Gasteiger partial charge in [-0.2, -0.15) is 0 Å². The molecule has 0 saturated heterocycles. The summed E-state index contributed by atoms with van der Waals surface area (Å²) in [6.45, 7) is 2.10. The molecule has 0 aliphatic rings. The highest BCUT2D eigenvalue weighted by Crippen LogP contribution is 2.28. The van der Waals surface area contributed by atoms with E-state index in [2.05, 4.69) is 23.8 Å². The average molecular weight is 267 g/mol. The quantitative estimate of drug-likeness (QED) is 0.657. The lowest BCUT2D eigenvalue weighted by Crippen LogP contribution is -2.29. The predicted molar refractivity (Wildman–Crippen MR) is 74.3 cm³/mol. The Balaban J connectivity index is 2.22. The molecule has 2 aromatic rings. The number of halogens is 1. The van der Waals surface area contributed by atoms with Crippen molar-refractivity contribution in [3.8, 4) is 0 Å². The predicted octanol–water partition coefficient (Wildman–Crippen LogP) is 3.46. The summed E-state index contributed by atoms with van der Waals surface area (Å²) in [7, 11) is 0. The van der Waals surface area contributed by atoms with E-state index in [1.165, 1.54) is 10.4 Å². The van der Waals surface area contributed by atoms with E-state index in [-0.39, 0.29) is 6.04 Å². The molecular formula is C13H15ClN2S. The second-order valence-corrected chi connectivity index (χ2v) is 5.34. The number of nitrogens with one attached hydrogen (secondary N) is 1. The van der Waals surface area contributed by atoms with Gasteiger partial charge in [0.2, 0.25) is 0 Å². The third-order valence-corrected chi connectivity index (χ3v) is 4.30. The van der Waals surface area contributed by atoms with Crippen LogP contribution < -0.4 is 11.3 Å². The van der Waals surface area contributed by atoms with Crippen LogP contribution in [-0.2, 0) is 6.42 Å². The van der Waals surface area contributed by atoms with Crippen molar-refractivity contribution in [3.05, 3.63) is 56.7 Å². The van der Waals surface area contributed by atoms with Crippen LogP contribution in [0, 0.1) is 6.92 Å². The monoisotopic (exact) mass is 266 g/mol. The maximum Gasteiger partial charge on any atom is 0.0596 e. The molecule has 0 aliphatic heterocycles. The molecular weight excluding hydrogens is 252 g/mol. The van der Waals surface area contributed by atoms with Crippen LogP contribution in [-0.4, -0.2) is 0 Å². The van der Waals surface area contributed by atoms with E-state index in [9.17, 15) is 0 Å². The first-order chi connectivity index (χ1) is 8.22. The first kappa shape index (κ1) is 12.6. The molecule has 4 heteroatoms. The van der Waals surface area contributed by atoms with Crippen molar-refractivity contribution >= 4 is 22.9 Å². The van der Waals surface area contributed by atoms with Gasteiger partial charge in [-0.05, 0) is 42.0 Å². The molecule has 17 heavy (non-hydrogen) atoms. The van der Waals surface area contributed by atoms with Gasteiger partial charge < -0.3 is 0 Å². The Bertz CT molecular complexity index is 496. The van der Waals surface area contributed by atoms with Gasteiger partial charge in [0.15, 0.2) is 0 Å². The molecule has 2 rings (SSSR count). The Hall–Kier alpha value is -0.870. The van der Waals surface area contributed by atoms with Gasteiger partial charge in [-0.3, -0.25) is 11.3 Å². The molecule has 0 bridgehead atoms. The highest BCUT2D eigenvalue weighted by Gasteiger charge is 2.15. The summed E-state index contributed by atoms with van der Waals surface area (Å²) in [6, 6.07) is 10.1. The van der Waals surface area contributed by atoms with Gasteiger partial charge >= 0.3 is 0 Å². The number of nitrogens with two attached hydrogens (primary N) is 1. The first-order valence-electron chi connectivity index (χ1n) is 5.46. The van der Waals surface area contributed by atoms with Crippen LogP contribution in [0.4, 0.5) is 0 Å². The van der Waals surface area contributed by atoms with E-state index in [0.29, 0.717) is 0 Å². The number of thiophene rings is 1. The Morgan fingerprint density at radius 3 is 2.71 bits per heavy atom. The van der Waals surface area contributed by atoms with Crippen molar-refractivity contribution in [2.45, 2.75) is 19.4 Å². The van der Waals surface area contributed by atoms with Gasteiger partial charge in [0.05, 0.1) is 6.04 Å². The van der Waals surface area contributed by atoms with Crippen molar-refractivity contribution < 1.29 is 0 Å². The van der Waals surface area contributed by atoms with Crippen molar-refractivity contribution in [1.29, 1.82) is 0 Å². The normalized spacial score (nSPS) is 12.6. The number of benzene rings is 1. The summed E-state index contributed by atoms with van der Waals surface area (Å²) in [5.74, 6) is 5.64. The van der Waals surface area contributed by atoms with Crippen LogP contribution >= 0.6 is 22.9 Å². The Morgan fingerprint density at radius 2 is 2.12 bits per heavy atom. The number of hydrogen-bond donors (Lipinski definition) is 2. The minimum absolute atomic E-state index is 0.120. The van der Waals surface area contributed by atoms with Gasteiger partial charge in [0.1, 0.15) is 0 Å². The standard InChI is InChI=1S/C13H15ClN2S/c1-9-6-7-17-13(9)12(16-15)8-10-4-2-3-5-11(10)14/h2-7,12,16H,8,15H2,1H3. The highest BCUT2D eigenvalue weighted by atomic mass is 35.5. The summed E-state index contributed by atoms with van der Waals surface area (Å²) in [5, 5.41) is 2.88. The second-order valence-electron chi connectivity index (χ2n) is 3.98. The molecule has 0 aliphatic carbocycles. The lowest BCUT2D eigenvalue weighted by Gasteiger charge is -2.16. The van der Waals surface area contributed by atoms with Crippen molar-refractivity contribution in [1.82, 2.24) is 5.43 Å². The molecule has 0 fully saturated rings. The lowest BCUT2D eigenvalue weighted by atomic mass is 10.0. The van der Waals surface area contributed by atoms with Crippen molar-refractivity contribution in [2.24, 2.45) is 5.84 Å². The maximum absolute atomic E-state index is 6.16. The third kappa shape index (κ3) is 2.87. The first-order valence-corrected chi connectivity index (χ1v) is 6.71. The summed E-state index contributed by atoms with van der Waals surface area (Å²) in [5.41, 5.74) is 5.26. The molecule has 0 radical (unpaired) electrons. The largest absolute Gasteiger partial charge is 0.271 e. The van der Waals surface area contributed by atoms with E-state index < -0.39 is 0 Å². The zero-order chi connectivity index (χ0) is 12.3. The van der Waals surface area contributed by atoms with Crippen LogP contribution in [0.15, 0.2) is 35.7 Å².